The first kappa shape index (κ1) is 21.3. The van der Waals surface area contributed by atoms with Crippen LogP contribution in [0.2, 0.25) is 0 Å². The molecule has 150 valence electrons. The predicted octanol–water partition coefficient (Wildman–Crippen LogP) is 4.74. The highest BCUT2D eigenvalue weighted by Gasteiger charge is 2.30. The molecular formula is C20H22F3N3O2. The van der Waals surface area contributed by atoms with Gasteiger partial charge in [-0.1, -0.05) is 26.8 Å². The molecule has 0 fully saturated rings. The number of hydrogen-bond acceptors (Lipinski definition) is 3. The van der Waals surface area contributed by atoms with Crippen LogP contribution in [-0.2, 0) is 15.8 Å². The third-order valence-corrected chi connectivity index (χ3v) is 3.75. The summed E-state index contributed by atoms with van der Waals surface area (Å²) in [6.07, 6.45) is -4.42. The fourth-order valence-electron chi connectivity index (χ4n) is 2.16. The first-order valence-electron chi connectivity index (χ1n) is 8.58. The van der Waals surface area contributed by atoms with Crippen molar-refractivity contribution in [3.63, 3.8) is 0 Å². The predicted molar refractivity (Wildman–Crippen MR) is 103 cm³/mol. The van der Waals surface area contributed by atoms with E-state index in [0.29, 0.717) is 11.4 Å². The Balaban J connectivity index is 1.91. The third kappa shape index (κ3) is 6.29. The van der Waals surface area contributed by atoms with Gasteiger partial charge in [0.05, 0.1) is 12.1 Å². The van der Waals surface area contributed by atoms with Gasteiger partial charge in [-0.25, -0.2) is 0 Å². The Morgan fingerprint density at radius 1 is 0.857 bits per heavy atom. The van der Waals surface area contributed by atoms with Crippen LogP contribution in [0.15, 0.2) is 48.5 Å². The van der Waals surface area contributed by atoms with Gasteiger partial charge >= 0.3 is 6.18 Å². The normalized spacial score (nSPS) is 11.6. The van der Waals surface area contributed by atoms with Gasteiger partial charge in [-0.3, -0.25) is 9.59 Å². The average Bonchev–Trinajstić information content (AvgIpc) is 2.59. The lowest BCUT2D eigenvalue weighted by Crippen LogP contribution is -2.27. The summed E-state index contributed by atoms with van der Waals surface area (Å²) in [5, 5.41) is 8.22. The highest BCUT2D eigenvalue weighted by atomic mass is 19.4. The van der Waals surface area contributed by atoms with Crippen LogP contribution >= 0.6 is 0 Å². The summed E-state index contributed by atoms with van der Waals surface area (Å²) >= 11 is 0. The molecule has 8 heteroatoms. The summed E-state index contributed by atoms with van der Waals surface area (Å²) in [4.78, 5) is 24.0. The summed E-state index contributed by atoms with van der Waals surface area (Å²) in [6, 6.07) is 11.1. The molecule has 2 aromatic carbocycles. The molecule has 3 N–H and O–H groups in total. The Morgan fingerprint density at radius 3 is 2.04 bits per heavy atom. The van der Waals surface area contributed by atoms with Crippen LogP contribution in [0.3, 0.4) is 0 Å². The van der Waals surface area contributed by atoms with Crippen molar-refractivity contribution in [1.29, 1.82) is 0 Å². The number of carbonyl (C=O) groups excluding carboxylic acids is 2. The van der Waals surface area contributed by atoms with E-state index in [4.69, 9.17) is 0 Å². The number of nitrogens with one attached hydrogen (secondary N) is 3. The highest BCUT2D eigenvalue weighted by molar-refractivity contribution is 5.95. The number of hydrogen-bond donors (Lipinski definition) is 3. The largest absolute Gasteiger partial charge is 0.416 e. The van der Waals surface area contributed by atoms with Crippen LogP contribution in [0.25, 0.3) is 0 Å². The third-order valence-electron chi connectivity index (χ3n) is 3.75. The van der Waals surface area contributed by atoms with E-state index in [1.165, 1.54) is 12.1 Å². The van der Waals surface area contributed by atoms with Crippen molar-refractivity contribution in [1.82, 2.24) is 0 Å². The van der Waals surface area contributed by atoms with Crippen LogP contribution in [-0.4, -0.2) is 18.4 Å². The minimum atomic E-state index is -4.42. The van der Waals surface area contributed by atoms with E-state index in [1.54, 1.807) is 45.0 Å². The summed E-state index contributed by atoms with van der Waals surface area (Å²) in [5.74, 6) is -0.548. The van der Waals surface area contributed by atoms with Gasteiger partial charge in [-0.15, -0.1) is 0 Å². The second kappa shape index (κ2) is 8.33. The summed E-state index contributed by atoms with van der Waals surface area (Å²) in [7, 11) is 0. The Hall–Kier alpha value is -3.03. The topological polar surface area (TPSA) is 70.2 Å². The van der Waals surface area contributed by atoms with Crippen molar-refractivity contribution in [3.8, 4) is 0 Å². The van der Waals surface area contributed by atoms with Crippen LogP contribution < -0.4 is 16.0 Å². The summed E-state index contributed by atoms with van der Waals surface area (Å²) in [5.41, 5.74) is 0.163. The van der Waals surface area contributed by atoms with Gasteiger partial charge in [-0.05, 0) is 42.5 Å². The van der Waals surface area contributed by atoms with E-state index >= 15 is 0 Å². The molecule has 0 unspecified atom stereocenters. The first-order valence-corrected chi connectivity index (χ1v) is 8.58. The minimum Gasteiger partial charge on any atom is -0.376 e. The molecule has 0 radical (unpaired) electrons. The quantitative estimate of drug-likeness (QED) is 0.687. The number of benzene rings is 2. The molecule has 0 saturated carbocycles. The number of rotatable bonds is 5. The zero-order valence-corrected chi connectivity index (χ0v) is 15.8. The molecule has 28 heavy (non-hydrogen) atoms. The fourth-order valence-corrected chi connectivity index (χ4v) is 2.16. The minimum absolute atomic E-state index is 0.0856. The maximum Gasteiger partial charge on any atom is 0.416 e. The molecule has 5 nitrogen and oxygen atoms in total. The molecular weight excluding hydrogens is 371 g/mol. The molecule has 0 aliphatic rings. The van der Waals surface area contributed by atoms with E-state index in [0.717, 1.165) is 12.1 Å². The molecule has 0 saturated heterocycles. The number of anilines is 3. The molecule has 0 aliphatic heterocycles. The Bertz CT molecular complexity index is 841. The van der Waals surface area contributed by atoms with Crippen LogP contribution in [0.4, 0.5) is 30.2 Å². The second-order valence-corrected chi connectivity index (χ2v) is 7.26. The Morgan fingerprint density at radius 2 is 1.46 bits per heavy atom. The lowest BCUT2D eigenvalue weighted by Gasteiger charge is -2.18. The SMILES string of the molecule is CC(C)(C)C(=O)Nc1cccc(NCC(=O)Nc2ccc(C(F)(F)F)cc2)c1. The average molecular weight is 393 g/mol. The molecule has 0 spiro atoms. The Labute approximate surface area is 161 Å². The molecule has 0 bridgehead atoms. The number of amides is 2. The first-order chi connectivity index (χ1) is 12.9. The van der Waals surface area contributed by atoms with Gasteiger partial charge < -0.3 is 16.0 Å². The molecule has 2 rings (SSSR count). The van der Waals surface area contributed by atoms with E-state index in [-0.39, 0.29) is 18.1 Å². The maximum absolute atomic E-state index is 12.5. The molecule has 2 aromatic rings. The smallest absolute Gasteiger partial charge is 0.376 e. The van der Waals surface area contributed by atoms with Crippen molar-refractivity contribution in [2.45, 2.75) is 26.9 Å². The van der Waals surface area contributed by atoms with Gasteiger partial charge in [0.25, 0.3) is 0 Å². The zero-order valence-electron chi connectivity index (χ0n) is 15.8. The monoisotopic (exact) mass is 393 g/mol. The number of carbonyl (C=O) groups is 2. The summed E-state index contributed by atoms with van der Waals surface area (Å²) in [6.45, 7) is 5.32. The van der Waals surface area contributed by atoms with Crippen molar-refractivity contribution < 1.29 is 22.8 Å². The number of alkyl halides is 3. The molecule has 0 heterocycles. The molecule has 0 aliphatic carbocycles. The second-order valence-electron chi connectivity index (χ2n) is 7.26. The van der Waals surface area contributed by atoms with E-state index < -0.39 is 23.1 Å². The highest BCUT2D eigenvalue weighted by Crippen LogP contribution is 2.29. The Kier molecular flexibility index (Phi) is 6.33. The van der Waals surface area contributed by atoms with Crippen LogP contribution in [0.5, 0.6) is 0 Å². The van der Waals surface area contributed by atoms with Crippen molar-refractivity contribution in [2.75, 3.05) is 22.5 Å². The molecule has 0 aromatic heterocycles. The van der Waals surface area contributed by atoms with Gasteiger partial charge in [0.2, 0.25) is 11.8 Å². The van der Waals surface area contributed by atoms with Gasteiger partial charge in [0, 0.05) is 22.5 Å². The van der Waals surface area contributed by atoms with Crippen molar-refractivity contribution in [3.05, 3.63) is 54.1 Å². The maximum atomic E-state index is 12.5. The number of halogens is 3. The molecule has 2 amide bonds. The van der Waals surface area contributed by atoms with Crippen LogP contribution in [0, 0.1) is 5.41 Å². The zero-order chi connectivity index (χ0) is 20.9. The van der Waals surface area contributed by atoms with E-state index in [2.05, 4.69) is 16.0 Å². The summed E-state index contributed by atoms with van der Waals surface area (Å²) < 4.78 is 37.6. The lowest BCUT2D eigenvalue weighted by molar-refractivity contribution is -0.137. The molecule has 0 atom stereocenters. The van der Waals surface area contributed by atoms with Gasteiger partial charge in [0.1, 0.15) is 0 Å². The van der Waals surface area contributed by atoms with Crippen LogP contribution in [0.1, 0.15) is 26.3 Å². The van der Waals surface area contributed by atoms with Crippen molar-refractivity contribution >= 4 is 28.9 Å². The lowest BCUT2D eigenvalue weighted by atomic mass is 9.95. The standard InChI is InChI=1S/C20H22F3N3O2/c1-19(2,3)18(28)26-16-6-4-5-15(11-16)24-12-17(27)25-14-9-7-13(8-10-14)20(21,22)23/h4-11,24H,12H2,1-3H3,(H,25,27)(H,26,28). The van der Waals surface area contributed by atoms with Crippen molar-refractivity contribution in [2.24, 2.45) is 5.41 Å². The van der Waals surface area contributed by atoms with E-state index in [1.807, 2.05) is 0 Å². The van der Waals surface area contributed by atoms with Gasteiger partial charge in [0.15, 0.2) is 0 Å². The van der Waals surface area contributed by atoms with E-state index in [9.17, 15) is 22.8 Å². The fraction of sp³-hybridized carbons (Fsp3) is 0.300. The van der Waals surface area contributed by atoms with Gasteiger partial charge in [-0.2, -0.15) is 13.2 Å².